The van der Waals surface area contributed by atoms with Crippen molar-refractivity contribution in [1.82, 2.24) is 9.55 Å². The molecule has 2 heterocycles. The van der Waals surface area contributed by atoms with Crippen LogP contribution >= 0.6 is 11.3 Å². The molecule has 30 heavy (non-hydrogen) atoms. The Kier molecular flexibility index (Phi) is 5.81. The van der Waals surface area contributed by atoms with Gasteiger partial charge >= 0.3 is 5.97 Å². The zero-order valence-electron chi connectivity index (χ0n) is 16.3. The van der Waals surface area contributed by atoms with E-state index in [1.807, 2.05) is 30.3 Å². The van der Waals surface area contributed by atoms with E-state index in [1.165, 1.54) is 11.3 Å². The highest BCUT2D eigenvalue weighted by Gasteiger charge is 2.13. The van der Waals surface area contributed by atoms with E-state index < -0.39 is 5.97 Å². The van der Waals surface area contributed by atoms with Crippen molar-refractivity contribution in [3.8, 4) is 0 Å². The first-order chi connectivity index (χ1) is 14.7. The maximum atomic E-state index is 13.2. The maximum absolute atomic E-state index is 13.2. The van der Waals surface area contributed by atoms with E-state index in [4.69, 9.17) is 9.73 Å². The van der Waals surface area contributed by atoms with E-state index in [1.54, 1.807) is 54.1 Å². The van der Waals surface area contributed by atoms with Crippen LogP contribution in [0.15, 0.2) is 82.7 Å². The molecule has 0 amide bonds. The highest BCUT2D eigenvalue weighted by atomic mass is 32.1. The SMILES string of the molecule is CCOC(=O)c1ccccc1N=c1sc2ncccc2c(=O)n1Cc1ccccc1. The zero-order chi connectivity index (χ0) is 20.9. The van der Waals surface area contributed by atoms with E-state index in [9.17, 15) is 9.59 Å². The van der Waals surface area contributed by atoms with Crippen molar-refractivity contribution in [2.45, 2.75) is 13.5 Å². The van der Waals surface area contributed by atoms with Crippen LogP contribution in [-0.4, -0.2) is 22.1 Å². The van der Waals surface area contributed by atoms with Gasteiger partial charge in [0.1, 0.15) is 4.83 Å². The summed E-state index contributed by atoms with van der Waals surface area (Å²) in [5.41, 5.74) is 1.60. The van der Waals surface area contributed by atoms with E-state index in [2.05, 4.69) is 4.98 Å². The Labute approximate surface area is 176 Å². The highest BCUT2D eigenvalue weighted by molar-refractivity contribution is 7.15. The van der Waals surface area contributed by atoms with Gasteiger partial charge in [-0.1, -0.05) is 53.8 Å². The summed E-state index contributed by atoms with van der Waals surface area (Å²) in [5.74, 6) is -0.447. The molecule has 0 saturated carbocycles. The van der Waals surface area contributed by atoms with Crippen LogP contribution in [0.5, 0.6) is 0 Å². The van der Waals surface area contributed by atoms with Crippen molar-refractivity contribution in [1.29, 1.82) is 0 Å². The van der Waals surface area contributed by atoms with Crippen LogP contribution in [0.3, 0.4) is 0 Å². The Morgan fingerprint density at radius 2 is 1.83 bits per heavy atom. The monoisotopic (exact) mass is 417 g/mol. The molecular formula is C23H19N3O3S. The van der Waals surface area contributed by atoms with Gasteiger partial charge in [0.2, 0.25) is 0 Å². The largest absolute Gasteiger partial charge is 0.462 e. The summed E-state index contributed by atoms with van der Waals surface area (Å²) in [7, 11) is 0. The summed E-state index contributed by atoms with van der Waals surface area (Å²) in [5, 5.41) is 0.538. The molecular weight excluding hydrogens is 398 g/mol. The lowest BCUT2D eigenvalue weighted by Crippen LogP contribution is -2.32. The molecule has 0 radical (unpaired) electrons. The van der Waals surface area contributed by atoms with Crippen molar-refractivity contribution in [2.75, 3.05) is 6.61 Å². The molecule has 0 bridgehead atoms. The summed E-state index contributed by atoms with van der Waals surface area (Å²) in [6, 6.07) is 20.2. The molecule has 0 spiro atoms. The standard InChI is InChI=1S/C23H19N3O3S/c1-2-29-22(28)17-11-6-7-13-19(17)25-23-26(15-16-9-4-3-5-10-16)21(27)18-12-8-14-24-20(18)30-23/h3-14H,2,15H2,1H3. The van der Waals surface area contributed by atoms with E-state index in [0.29, 0.717) is 32.8 Å². The fourth-order valence-electron chi connectivity index (χ4n) is 3.05. The second kappa shape index (κ2) is 8.84. The fourth-order valence-corrected chi connectivity index (χ4v) is 4.01. The van der Waals surface area contributed by atoms with Gasteiger partial charge in [0, 0.05) is 6.20 Å². The number of carbonyl (C=O) groups is 1. The lowest BCUT2D eigenvalue weighted by atomic mass is 10.2. The molecule has 0 atom stereocenters. The van der Waals surface area contributed by atoms with Gasteiger partial charge in [0.15, 0.2) is 4.80 Å². The number of pyridine rings is 1. The lowest BCUT2D eigenvalue weighted by molar-refractivity contribution is 0.0527. The first-order valence-corrected chi connectivity index (χ1v) is 10.3. The van der Waals surface area contributed by atoms with E-state index in [0.717, 1.165) is 5.56 Å². The molecule has 2 aromatic carbocycles. The van der Waals surface area contributed by atoms with Gasteiger partial charge in [-0.05, 0) is 36.8 Å². The van der Waals surface area contributed by atoms with E-state index >= 15 is 0 Å². The minimum Gasteiger partial charge on any atom is -0.462 e. The van der Waals surface area contributed by atoms with E-state index in [-0.39, 0.29) is 12.2 Å². The van der Waals surface area contributed by atoms with Crippen LogP contribution in [0.4, 0.5) is 5.69 Å². The molecule has 6 nitrogen and oxygen atoms in total. The number of benzene rings is 2. The molecule has 0 fully saturated rings. The lowest BCUT2D eigenvalue weighted by Gasteiger charge is -2.09. The van der Waals surface area contributed by atoms with Gasteiger partial charge in [-0.2, -0.15) is 0 Å². The highest BCUT2D eigenvalue weighted by Crippen LogP contribution is 2.20. The summed E-state index contributed by atoms with van der Waals surface area (Å²) >= 11 is 1.31. The van der Waals surface area contributed by atoms with Crippen LogP contribution in [0, 0.1) is 0 Å². The Morgan fingerprint density at radius 3 is 2.63 bits per heavy atom. The number of esters is 1. The van der Waals surface area contributed by atoms with Gasteiger partial charge in [0.05, 0.1) is 29.8 Å². The summed E-state index contributed by atoms with van der Waals surface area (Å²) in [4.78, 5) is 35.7. The van der Waals surface area contributed by atoms with Crippen LogP contribution in [0.1, 0.15) is 22.8 Å². The maximum Gasteiger partial charge on any atom is 0.340 e. The first kappa shape index (κ1) is 19.7. The van der Waals surface area contributed by atoms with Crippen molar-refractivity contribution in [3.05, 3.63) is 99.2 Å². The van der Waals surface area contributed by atoms with Gasteiger partial charge in [0.25, 0.3) is 5.56 Å². The quantitative estimate of drug-likeness (QED) is 0.462. The third-order valence-corrected chi connectivity index (χ3v) is 5.48. The van der Waals surface area contributed by atoms with Gasteiger partial charge in [-0.3, -0.25) is 9.36 Å². The molecule has 0 aliphatic carbocycles. The Morgan fingerprint density at radius 1 is 1.07 bits per heavy atom. The van der Waals surface area contributed by atoms with Crippen LogP contribution in [-0.2, 0) is 11.3 Å². The van der Waals surface area contributed by atoms with Crippen LogP contribution in [0.2, 0.25) is 0 Å². The number of hydrogen-bond donors (Lipinski definition) is 0. The molecule has 150 valence electrons. The molecule has 0 unspecified atom stereocenters. The van der Waals surface area contributed by atoms with Crippen molar-refractivity contribution in [2.24, 2.45) is 4.99 Å². The number of carbonyl (C=O) groups excluding carboxylic acids is 1. The van der Waals surface area contributed by atoms with Gasteiger partial charge in [-0.15, -0.1) is 0 Å². The van der Waals surface area contributed by atoms with Crippen molar-refractivity contribution >= 4 is 33.2 Å². The van der Waals surface area contributed by atoms with Gasteiger partial charge in [-0.25, -0.2) is 14.8 Å². The third kappa shape index (κ3) is 4.06. The Balaban J connectivity index is 1.96. The number of para-hydroxylation sites is 1. The molecule has 0 aliphatic heterocycles. The smallest absolute Gasteiger partial charge is 0.340 e. The second-order valence-corrected chi connectivity index (χ2v) is 7.42. The third-order valence-electron chi connectivity index (χ3n) is 4.46. The molecule has 4 aromatic rings. The van der Waals surface area contributed by atoms with Crippen molar-refractivity contribution in [3.63, 3.8) is 0 Å². The predicted octanol–water partition coefficient (Wildman–Crippen LogP) is 3.92. The first-order valence-electron chi connectivity index (χ1n) is 9.51. The van der Waals surface area contributed by atoms with Crippen molar-refractivity contribution < 1.29 is 9.53 Å². The molecule has 0 N–H and O–H groups in total. The number of fused-ring (bicyclic) bond motifs is 1. The Bertz CT molecular complexity index is 1330. The second-order valence-electron chi connectivity index (χ2n) is 6.47. The molecule has 0 aliphatic rings. The van der Waals surface area contributed by atoms with Crippen LogP contribution in [0.25, 0.3) is 10.2 Å². The minimum atomic E-state index is -0.447. The number of nitrogens with zero attached hydrogens (tertiary/aromatic N) is 3. The number of hydrogen-bond acceptors (Lipinski definition) is 6. The predicted molar refractivity (Wildman–Crippen MR) is 117 cm³/mol. The average molecular weight is 417 g/mol. The molecule has 0 saturated heterocycles. The summed E-state index contributed by atoms with van der Waals surface area (Å²) < 4.78 is 6.77. The molecule has 2 aromatic heterocycles. The molecule has 7 heteroatoms. The number of ether oxygens (including phenoxy) is 1. The number of aromatic nitrogens is 2. The number of rotatable bonds is 5. The van der Waals surface area contributed by atoms with Crippen LogP contribution < -0.4 is 10.4 Å². The fraction of sp³-hybridized carbons (Fsp3) is 0.130. The average Bonchev–Trinajstić information content (AvgIpc) is 2.78. The van der Waals surface area contributed by atoms with Gasteiger partial charge < -0.3 is 4.74 Å². The normalized spacial score (nSPS) is 11.6. The summed E-state index contributed by atoms with van der Waals surface area (Å²) in [6.45, 7) is 2.39. The minimum absolute atomic E-state index is 0.173. The molecule has 4 rings (SSSR count). The zero-order valence-corrected chi connectivity index (χ0v) is 17.1. The Hall–Kier alpha value is -3.58. The topological polar surface area (TPSA) is 73.6 Å². The summed E-state index contributed by atoms with van der Waals surface area (Å²) in [6.07, 6.45) is 1.65.